The Bertz CT molecular complexity index is 874. The van der Waals surface area contributed by atoms with E-state index in [0.29, 0.717) is 5.75 Å². The number of urea groups is 1. The van der Waals surface area contributed by atoms with E-state index < -0.39 is 35.7 Å². The van der Waals surface area contributed by atoms with Gasteiger partial charge in [-0.3, -0.25) is 9.78 Å². The van der Waals surface area contributed by atoms with Crippen LogP contribution in [0.3, 0.4) is 0 Å². The normalized spacial score (nSPS) is 24.8. The summed E-state index contributed by atoms with van der Waals surface area (Å²) in [6, 6.07) is 5.74. The van der Waals surface area contributed by atoms with Crippen LogP contribution in [0.1, 0.15) is 22.0 Å². The molecule has 1 aliphatic rings. The van der Waals surface area contributed by atoms with Crippen molar-refractivity contribution in [1.82, 2.24) is 15.6 Å². The number of rotatable bonds is 4. The van der Waals surface area contributed by atoms with Gasteiger partial charge in [-0.2, -0.15) is 13.2 Å². The summed E-state index contributed by atoms with van der Waals surface area (Å²) in [5.74, 6) is -2.69. The summed E-state index contributed by atoms with van der Waals surface area (Å²) in [7, 11) is 1.42. The van der Waals surface area contributed by atoms with Crippen molar-refractivity contribution in [2.24, 2.45) is 5.92 Å². The number of aliphatic hydroxyl groups is 1. The van der Waals surface area contributed by atoms with E-state index in [1.807, 2.05) is 0 Å². The summed E-state index contributed by atoms with van der Waals surface area (Å²) in [6.07, 6.45) is -2.85. The Morgan fingerprint density at radius 2 is 1.93 bits per heavy atom. The summed E-state index contributed by atoms with van der Waals surface area (Å²) >= 11 is 0. The van der Waals surface area contributed by atoms with Crippen molar-refractivity contribution in [3.8, 4) is 5.75 Å². The molecule has 7 nitrogen and oxygen atoms in total. The highest BCUT2D eigenvalue weighted by Gasteiger charge is 2.66. The van der Waals surface area contributed by atoms with Gasteiger partial charge >= 0.3 is 12.2 Å². The number of pyridine rings is 1. The van der Waals surface area contributed by atoms with Gasteiger partial charge in [0.1, 0.15) is 11.7 Å². The summed E-state index contributed by atoms with van der Waals surface area (Å²) < 4.78 is 46.3. The van der Waals surface area contributed by atoms with Gasteiger partial charge < -0.3 is 20.5 Å². The fourth-order valence-electron chi connectivity index (χ4n) is 3.12. The average Bonchev–Trinajstić information content (AvgIpc) is 2.67. The van der Waals surface area contributed by atoms with E-state index in [1.165, 1.54) is 55.0 Å². The van der Waals surface area contributed by atoms with Gasteiger partial charge in [-0.05, 0) is 29.8 Å². The Hall–Kier alpha value is -3.14. The topological polar surface area (TPSA) is 101 Å². The highest BCUT2D eigenvalue weighted by atomic mass is 19.4. The largest absolute Gasteiger partial charge is 0.497 e. The number of ether oxygens (including phenoxy) is 1. The van der Waals surface area contributed by atoms with Crippen LogP contribution in [0.5, 0.6) is 5.75 Å². The minimum absolute atomic E-state index is 0.133. The minimum Gasteiger partial charge on any atom is -0.497 e. The van der Waals surface area contributed by atoms with Gasteiger partial charge in [0.25, 0.3) is 0 Å². The van der Waals surface area contributed by atoms with E-state index in [1.54, 1.807) is 0 Å². The Kier molecular flexibility index (Phi) is 4.99. The third-order valence-electron chi connectivity index (χ3n) is 4.51. The van der Waals surface area contributed by atoms with Gasteiger partial charge in [0.15, 0.2) is 5.78 Å². The fraction of sp³-hybridized carbons (Fsp3) is 0.278. The molecular weight excluding hydrogens is 379 g/mol. The molecule has 1 fully saturated rings. The third-order valence-corrected chi connectivity index (χ3v) is 4.51. The van der Waals surface area contributed by atoms with Crippen molar-refractivity contribution in [3.05, 3.63) is 59.9 Å². The summed E-state index contributed by atoms with van der Waals surface area (Å²) in [5, 5.41) is 14.2. The van der Waals surface area contributed by atoms with Crippen LogP contribution < -0.4 is 15.4 Å². The van der Waals surface area contributed by atoms with Crippen LogP contribution in [0.2, 0.25) is 0 Å². The molecule has 3 N–H and O–H groups in total. The van der Waals surface area contributed by atoms with E-state index in [9.17, 15) is 27.9 Å². The number of ketones is 1. The van der Waals surface area contributed by atoms with Gasteiger partial charge in [-0.25, -0.2) is 4.79 Å². The smallest absolute Gasteiger partial charge is 0.437 e. The zero-order chi connectivity index (χ0) is 20.5. The molecule has 1 aromatic heterocycles. The first-order valence-corrected chi connectivity index (χ1v) is 8.13. The quantitative estimate of drug-likeness (QED) is 0.689. The number of alkyl halides is 3. The Morgan fingerprint density at radius 3 is 2.46 bits per heavy atom. The molecule has 3 atom stereocenters. The molecule has 2 amide bonds. The number of Topliss-reactive ketones (excluding diaryl/α,β-unsaturated/α-hetero) is 1. The molecule has 2 aromatic rings. The van der Waals surface area contributed by atoms with E-state index in [4.69, 9.17) is 4.74 Å². The molecule has 0 radical (unpaired) electrons. The number of halogens is 3. The second kappa shape index (κ2) is 7.12. The first kappa shape index (κ1) is 19.6. The minimum atomic E-state index is -5.31. The molecule has 0 aliphatic carbocycles. The lowest BCUT2D eigenvalue weighted by Gasteiger charge is -2.45. The van der Waals surface area contributed by atoms with Crippen LogP contribution in [0.15, 0.2) is 48.8 Å². The van der Waals surface area contributed by atoms with Crippen LogP contribution in [0.4, 0.5) is 18.0 Å². The molecule has 3 rings (SSSR count). The van der Waals surface area contributed by atoms with Crippen molar-refractivity contribution in [2.75, 3.05) is 7.11 Å². The van der Waals surface area contributed by atoms with Crippen molar-refractivity contribution in [2.45, 2.75) is 17.9 Å². The number of amides is 2. The molecule has 1 aliphatic heterocycles. The van der Waals surface area contributed by atoms with Crippen LogP contribution in [-0.4, -0.2) is 40.9 Å². The highest BCUT2D eigenvalue weighted by Crippen LogP contribution is 2.44. The van der Waals surface area contributed by atoms with Gasteiger partial charge in [0, 0.05) is 18.0 Å². The monoisotopic (exact) mass is 395 g/mol. The summed E-state index contributed by atoms with van der Waals surface area (Å²) in [5.41, 5.74) is -3.71. The number of hydrogen-bond donors (Lipinski definition) is 3. The van der Waals surface area contributed by atoms with E-state index in [-0.39, 0.29) is 11.1 Å². The van der Waals surface area contributed by atoms with Crippen molar-refractivity contribution in [1.29, 1.82) is 0 Å². The first-order chi connectivity index (χ1) is 13.2. The maximum atomic E-state index is 13.8. The number of nitrogens with zero attached hydrogens (tertiary/aromatic N) is 1. The standard InChI is InChI=1S/C18H16F3N3O4/c1-28-12-6-4-10(5-7-12)14-13(15(25)11-3-2-8-22-9-11)17(27,18(19,20)21)24-16(26)23-14/h2-9,13-14,27H,1H3,(H2,23,24,26)/t13-,14-,17+/m0/s1. The Balaban J connectivity index is 2.13. The third kappa shape index (κ3) is 3.38. The average molecular weight is 395 g/mol. The SMILES string of the molecule is COc1ccc([C@@H]2NC(=O)N[C@](O)(C(F)(F)F)[C@@H]2C(=O)c2cccnc2)cc1. The van der Waals surface area contributed by atoms with Crippen LogP contribution in [-0.2, 0) is 0 Å². The molecule has 10 heteroatoms. The predicted molar refractivity (Wildman–Crippen MR) is 90.5 cm³/mol. The van der Waals surface area contributed by atoms with Crippen molar-refractivity contribution >= 4 is 11.8 Å². The number of aromatic nitrogens is 1. The number of carbonyl (C=O) groups is 2. The second-order valence-corrected chi connectivity index (χ2v) is 6.20. The lowest BCUT2D eigenvalue weighted by molar-refractivity contribution is -0.287. The Morgan fingerprint density at radius 1 is 1.25 bits per heavy atom. The Labute approximate surface area is 157 Å². The van der Waals surface area contributed by atoms with E-state index in [2.05, 4.69) is 10.3 Å². The number of nitrogens with one attached hydrogen (secondary N) is 2. The molecule has 1 saturated heterocycles. The number of hydrogen-bond acceptors (Lipinski definition) is 5. The zero-order valence-corrected chi connectivity index (χ0v) is 14.5. The maximum Gasteiger partial charge on any atom is 0.437 e. The molecule has 2 heterocycles. The predicted octanol–water partition coefficient (Wildman–Crippen LogP) is 2.19. The van der Waals surface area contributed by atoms with Crippen LogP contribution in [0.25, 0.3) is 0 Å². The number of benzene rings is 1. The van der Waals surface area contributed by atoms with Crippen molar-refractivity contribution < 1.29 is 32.6 Å². The van der Waals surface area contributed by atoms with Crippen molar-refractivity contribution in [3.63, 3.8) is 0 Å². The molecule has 0 bridgehead atoms. The van der Waals surface area contributed by atoms with Gasteiger partial charge in [-0.1, -0.05) is 12.1 Å². The number of methoxy groups -OCH3 is 1. The van der Waals surface area contributed by atoms with Gasteiger partial charge in [-0.15, -0.1) is 0 Å². The lowest BCUT2D eigenvalue weighted by atomic mass is 9.77. The van der Waals surface area contributed by atoms with E-state index >= 15 is 0 Å². The van der Waals surface area contributed by atoms with E-state index in [0.717, 1.165) is 6.20 Å². The second-order valence-electron chi connectivity index (χ2n) is 6.20. The zero-order valence-electron chi connectivity index (χ0n) is 14.5. The molecule has 28 heavy (non-hydrogen) atoms. The molecular formula is C18H16F3N3O4. The van der Waals surface area contributed by atoms with Gasteiger partial charge in [0.05, 0.1) is 13.2 Å². The van der Waals surface area contributed by atoms with Crippen LogP contribution >= 0.6 is 0 Å². The molecule has 148 valence electrons. The summed E-state index contributed by atoms with van der Waals surface area (Å²) in [4.78, 5) is 28.6. The molecule has 0 spiro atoms. The maximum absolute atomic E-state index is 13.8. The number of carbonyl (C=O) groups excluding carboxylic acids is 2. The highest BCUT2D eigenvalue weighted by molar-refractivity contribution is 6.00. The van der Waals surface area contributed by atoms with Crippen LogP contribution in [0, 0.1) is 5.92 Å². The first-order valence-electron chi connectivity index (χ1n) is 8.13. The molecule has 1 aromatic carbocycles. The molecule has 0 saturated carbocycles. The lowest BCUT2D eigenvalue weighted by Crippen LogP contribution is -2.72. The summed E-state index contributed by atoms with van der Waals surface area (Å²) in [6.45, 7) is 0. The fourth-order valence-corrected chi connectivity index (χ4v) is 3.12. The van der Waals surface area contributed by atoms with Gasteiger partial charge in [0.2, 0.25) is 5.72 Å². The molecule has 0 unspecified atom stereocenters.